The van der Waals surface area contributed by atoms with Crippen molar-refractivity contribution in [2.24, 2.45) is 0 Å². The molecule has 4 heteroatoms. The summed E-state index contributed by atoms with van der Waals surface area (Å²) in [5, 5.41) is 6.91. The molecule has 0 spiro atoms. The molecule has 96 valence electrons. The van der Waals surface area contributed by atoms with Gasteiger partial charge in [0.1, 0.15) is 11.9 Å². The van der Waals surface area contributed by atoms with E-state index in [9.17, 15) is 0 Å². The molecule has 1 heterocycles. The van der Waals surface area contributed by atoms with Crippen LogP contribution in [0.3, 0.4) is 0 Å². The summed E-state index contributed by atoms with van der Waals surface area (Å²) in [6.45, 7) is 7.21. The predicted octanol–water partition coefficient (Wildman–Crippen LogP) is 2.03. The molecule has 1 aliphatic rings. The third-order valence-electron chi connectivity index (χ3n) is 2.75. The quantitative estimate of drug-likeness (QED) is 0.642. The molecule has 0 radical (unpaired) electrons. The highest BCUT2D eigenvalue weighted by Crippen LogP contribution is 2.27. The van der Waals surface area contributed by atoms with Gasteiger partial charge in [0.2, 0.25) is 0 Å². The van der Waals surface area contributed by atoms with Gasteiger partial charge in [0.15, 0.2) is 5.11 Å². The van der Waals surface area contributed by atoms with Gasteiger partial charge in [-0.15, -0.1) is 0 Å². The molecule has 0 aliphatic carbocycles. The molecule has 1 aromatic carbocycles. The van der Waals surface area contributed by atoms with Crippen LogP contribution in [0.5, 0.6) is 5.75 Å². The van der Waals surface area contributed by atoms with Gasteiger partial charge in [-0.3, -0.25) is 0 Å². The first-order valence-corrected chi connectivity index (χ1v) is 6.46. The number of para-hydroxylation sites is 1. The Balaban J connectivity index is 1.73. The maximum atomic E-state index is 5.82. The number of thiocarbonyl (C=S) groups is 1. The molecule has 1 aliphatic heterocycles. The van der Waals surface area contributed by atoms with Crippen LogP contribution in [0.4, 0.5) is 0 Å². The number of rotatable bonds is 4. The van der Waals surface area contributed by atoms with E-state index in [2.05, 4.69) is 23.3 Å². The van der Waals surface area contributed by atoms with E-state index in [1.807, 2.05) is 25.1 Å². The van der Waals surface area contributed by atoms with Crippen molar-refractivity contribution >= 4 is 17.3 Å². The molecule has 1 aromatic rings. The highest BCUT2D eigenvalue weighted by atomic mass is 32.1. The van der Waals surface area contributed by atoms with E-state index in [1.54, 1.807) is 0 Å². The second kappa shape index (κ2) is 5.87. The van der Waals surface area contributed by atoms with Crippen LogP contribution in [0.25, 0.3) is 0 Å². The molecule has 2 N–H and O–H groups in total. The van der Waals surface area contributed by atoms with Gasteiger partial charge in [0, 0.05) is 13.0 Å². The van der Waals surface area contributed by atoms with E-state index in [4.69, 9.17) is 17.0 Å². The maximum Gasteiger partial charge on any atom is 0.166 e. The number of hydrogen-bond acceptors (Lipinski definition) is 2. The zero-order valence-electron chi connectivity index (χ0n) is 10.5. The minimum absolute atomic E-state index is 0.159. The second-order valence-corrected chi connectivity index (χ2v) is 4.98. The first-order chi connectivity index (χ1) is 8.65. The van der Waals surface area contributed by atoms with E-state index in [1.165, 1.54) is 5.56 Å². The summed E-state index contributed by atoms with van der Waals surface area (Å²) < 4.78 is 5.82. The minimum Gasteiger partial charge on any atom is -0.488 e. The van der Waals surface area contributed by atoms with E-state index in [0.29, 0.717) is 11.7 Å². The molecular weight excluding hydrogens is 244 g/mol. The lowest BCUT2D eigenvalue weighted by atomic mass is 10.1. The second-order valence-electron chi connectivity index (χ2n) is 4.57. The molecule has 0 unspecified atom stereocenters. The number of fused-ring (bicyclic) bond motifs is 1. The number of ether oxygens (including phenoxy) is 1. The van der Waals surface area contributed by atoms with Gasteiger partial charge < -0.3 is 15.4 Å². The van der Waals surface area contributed by atoms with E-state index < -0.39 is 0 Å². The maximum absolute atomic E-state index is 5.82. The summed E-state index contributed by atoms with van der Waals surface area (Å²) in [4.78, 5) is 0. The van der Waals surface area contributed by atoms with E-state index in [-0.39, 0.29) is 6.10 Å². The molecule has 0 saturated carbocycles. The summed E-state index contributed by atoms with van der Waals surface area (Å²) in [6, 6.07) is 8.14. The van der Waals surface area contributed by atoms with Gasteiger partial charge in [-0.05, 0) is 30.8 Å². The number of benzene rings is 1. The summed E-state index contributed by atoms with van der Waals surface area (Å²) in [5.74, 6) is 0.991. The van der Waals surface area contributed by atoms with Crippen molar-refractivity contribution in [2.45, 2.75) is 19.4 Å². The van der Waals surface area contributed by atoms with Crippen LogP contribution in [-0.2, 0) is 6.42 Å². The Morgan fingerprint density at radius 3 is 2.94 bits per heavy atom. The molecule has 0 aromatic heterocycles. The SMILES string of the molecule is C=C(C)CNC(=S)NC[C@@H]1Cc2ccccc2O1. The Kier molecular flexibility index (Phi) is 4.20. The normalized spacial score (nSPS) is 16.6. The monoisotopic (exact) mass is 262 g/mol. The van der Waals surface area contributed by atoms with Crippen molar-refractivity contribution in [1.29, 1.82) is 0 Å². The molecule has 3 nitrogen and oxygen atoms in total. The smallest absolute Gasteiger partial charge is 0.166 e. The average molecular weight is 262 g/mol. The van der Waals surface area contributed by atoms with Gasteiger partial charge in [-0.1, -0.05) is 30.4 Å². The summed E-state index contributed by atoms with van der Waals surface area (Å²) in [5.41, 5.74) is 2.33. The van der Waals surface area contributed by atoms with Crippen molar-refractivity contribution in [1.82, 2.24) is 10.6 Å². The van der Waals surface area contributed by atoms with Crippen molar-refractivity contribution in [3.8, 4) is 5.75 Å². The average Bonchev–Trinajstić information content (AvgIpc) is 2.76. The largest absolute Gasteiger partial charge is 0.488 e. The van der Waals surface area contributed by atoms with Crippen LogP contribution < -0.4 is 15.4 Å². The molecule has 0 saturated heterocycles. The Morgan fingerprint density at radius 1 is 1.44 bits per heavy atom. The highest BCUT2D eigenvalue weighted by molar-refractivity contribution is 7.80. The molecule has 18 heavy (non-hydrogen) atoms. The van der Waals surface area contributed by atoms with Crippen LogP contribution in [0, 0.1) is 0 Å². The first kappa shape index (κ1) is 12.9. The Hall–Kier alpha value is -1.55. The molecular formula is C14H18N2OS. The third-order valence-corrected chi connectivity index (χ3v) is 3.04. The molecule has 1 atom stereocenters. The topological polar surface area (TPSA) is 33.3 Å². The lowest BCUT2D eigenvalue weighted by Crippen LogP contribution is -2.41. The van der Waals surface area contributed by atoms with Crippen molar-refractivity contribution in [3.63, 3.8) is 0 Å². The lowest BCUT2D eigenvalue weighted by molar-refractivity contribution is 0.235. The zero-order valence-corrected chi connectivity index (χ0v) is 11.3. The summed E-state index contributed by atoms with van der Waals surface area (Å²) in [7, 11) is 0. The van der Waals surface area contributed by atoms with Gasteiger partial charge in [-0.25, -0.2) is 0 Å². The fourth-order valence-corrected chi connectivity index (χ4v) is 2.02. The van der Waals surface area contributed by atoms with Gasteiger partial charge in [0.05, 0.1) is 6.54 Å². The van der Waals surface area contributed by atoms with Crippen molar-refractivity contribution in [2.75, 3.05) is 13.1 Å². The fourth-order valence-electron chi connectivity index (χ4n) is 1.87. The Labute approximate surface area is 113 Å². The molecule has 0 bridgehead atoms. The van der Waals surface area contributed by atoms with Crippen LogP contribution in [0.2, 0.25) is 0 Å². The molecule has 0 fully saturated rings. The van der Waals surface area contributed by atoms with E-state index in [0.717, 1.165) is 24.3 Å². The van der Waals surface area contributed by atoms with Crippen LogP contribution >= 0.6 is 12.2 Å². The summed E-state index contributed by atoms with van der Waals surface area (Å²) >= 11 is 5.17. The minimum atomic E-state index is 0.159. The standard InChI is InChI=1S/C14H18N2OS/c1-10(2)8-15-14(18)16-9-12-7-11-5-3-4-6-13(11)17-12/h3-6,12H,1,7-9H2,2H3,(H2,15,16,18)/t12-/m0/s1. The third kappa shape index (κ3) is 3.47. The van der Waals surface area contributed by atoms with Gasteiger partial charge in [0.25, 0.3) is 0 Å². The summed E-state index contributed by atoms with van der Waals surface area (Å²) in [6.07, 6.45) is 1.10. The van der Waals surface area contributed by atoms with Crippen LogP contribution in [-0.4, -0.2) is 24.3 Å². The molecule has 2 rings (SSSR count). The Bertz CT molecular complexity index is 434. The Morgan fingerprint density at radius 2 is 2.22 bits per heavy atom. The number of hydrogen-bond donors (Lipinski definition) is 2. The van der Waals surface area contributed by atoms with Gasteiger partial charge >= 0.3 is 0 Å². The van der Waals surface area contributed by atoms with Gasteiger partial charge in [-0.2, -0.15) is 0 Å². The molecule has 0 amide bonds. The van der Waals surface area contributed by atoms with Crippen LogP contribution in [0.1, 0.15) is 12.5 Å². The fraction of sp³-hybridized carbons (Fsp3) is 0.357. The zero-order chi connectivity index (χ0) is 13.0. The first-order valence-electron chi connectivity index (χ1n) is 6.06. The number of nitrogens with one attached hydrogen (secondary N) is 2. The van der Waals surface area contributed by atoms with Crippen molar-refractivity contribution < 1.29 is 4.74 Å². The van der Waals surface area contributed by atoms with Crippen LogP contribution in [0.15, 0.2) is 36.4 Å². The highest BCUT2D eigenvalue weighted by Gasteiger charge is 2.21. The lowest BCUT2D eigenvalue weighted by Gasteiger charge is -2.14. The predicted molar refractivity (Wildman–Crippen MR) is 78.0 cm³/mol. The van der Waals surface area contributed by atoms with Crippen molar-refractivity contribution in [3.05, 3.63) is 42.0 Å². The van der Waals surface area contributed by atoms with E-state index >= 15 is 0 Å².